The molecule has 8 nitrogen and oxygen atoms in total. The molecule has 0 aromatic rings. The molecule has 0 amide bonds. The van der Waals surface area contributed by atoms with Crippen molar-refractivity contribution in [3.05, 3.63) is 0 Å². The number of hydrogen-bond acceptors (Lipinski definition) is 4. The zero-order chi connectivity index (χ0) is 21.8. The van der Waals surface area contributed by atoms with Crippen LogP contribution in [0.2, 0.25) is 0 Å². The Hall–Kier alpha value is -1.51. The second-order valence-corrected chi connectivity index (χ2v) is 8.60. The van der Waals surface area contributed by atoms with Crippen LogP contribution in [-0.4, -0.2) is 95.6 Å². The molecule has 0 aromatic carbocycles. The van der Waals surface area contributed by atoms with Gasteiger partial charge in [-0.3, -0.25) is 0 Å². The van der Waals surface area contributed by atoms with Crippen LogP contribution in [0.5, 0.6) is 0 Å². The third kappa shape index (κ3) is 10.7. The average Bonchev–Trinajstić information content (AvgIpc) is 2.92. The van der Waals surface area contributed by atoms with Crippen LogP contribution >= 0.6 is 0 Å². The van der Waals surface area contributed by atoms with Crippen molar-refractivity contribution in [2.24, 2.45) is 4.99 Å². The van der Waals surface area contributed by atoms with Crippen molar-refractivity contribution < 1.29 is 33.9 Å². The van der Waals surface area contributed by atoms with E-state index < -0.39 is 18.2 Å². The van der Waals surface area contributed by atoms with Gasteiger partial charge < -0.3 is 19.8 Å². The van der Waals surface area contributed by atoms with Gasteiger partial charge in [-0.25, -0.2) is 19.1 Å². The smallest absolute Gasteiger partial charge is 0.359 e. The molecule has 1 aliphatic heterocycles. The van der Waals surface area contributed by atoms with E-state index in [1.807, 2.05) is 21.1 Å². The number of rotatable bonds is 12. The lowest BCUT2D eigenvalue weighted by molar-refractivity contribution is -0.877. The van der Waals surface area contributed by atoms with Gasteiger partial charge in [0, 0.05) is 13.3 Å². The molecule has 0 bridgehead atoms. The van der Waals surface area contributed by atoms with Crippen LogP contribution in [0.1, 0.15) is 58.8 Å². The van der Waals surface area contributed by atoms with Gasteiger partial charge in [-0.1, -0.05) is 39.0 Å². The van der Waals surface area contributed by atoms with Crippen LogP contribution in [0.3, 0.4) is 0 Å². The molecule has 0 spiro atoms. The Morgan fingerprint density at radius 3 is 2.07 bits per heavy atom. The number of aliphatic carboxylic acids is 2. The van der Waals surface area contributed by atoms with Crippen molar-refractivity contribution in [3.63, 3.8) is 0 Å². The largest absolute Gasteiger partial charge is 0.477 e. The molecule has 3 N–H and O–H groups in total. The molecule has 1 aliphatic rings. The molecule has 0 fully saturated rings. The number of hydrogen-bond donors (Lipinski definition) is 3. The summed E-state index contributed by atoms with van der Waals surface area (Å²) in [7, 11) is 5.52. The van der Waals surface area contributed by atoms with E-state index in [0.29, 0.717) is 17.6 Å². The molecule has 164 valence electrons. The van der Waals surface area contributed by atoms with E-state index in [1.165, 1.54) is 25.7 Å². The molecule has 0 saturated carbocycles. The van der Waals surface area contributed by atoms with Gasteiger partial charge in [0.05, 0.1) is 27.7 Å². The number of aliphatic hydroxyl groups is 1. The molecule has 1 heterocycles. The first-order valence-electron chi connectivity index (χ1n) is 10.3. The molecular formula is C20H41N3O5+2. The van der Waals surface area contributed by atoms with Crippen LogP contribution in [0.4, 0.5) is 0 Å². The average molecular weight is 404 g/mol. The standard InChI is InChI=1S/C15H28N2O3.C5H11NO2/c1-3-4-5-6-7-8-9-14-16-10-11-17(14,13(2)18)12-15(19)20;1-6(2,3)4-5(7)8/h13,18H,3-12H2,1-2H3;4H2,1-3H3/p+2. The highest BCUT2D eigenvalue weighted by molar-refractivity contribution is 5.80. The number of nitrogens with zero attached hydrogens (tertiary/aromatic N) is 3. The van der Waals surface area contributed by atoms with Gasteiger partial charge in [0.2, 0.25) is 5.84 Å². The highest BCUT2D eigenvalue weighted by Crippen LogP contribution is 2.23. The summed E-state index contributed by atoms with van der Waals surface area (Å²) in [6.45, 7) is 5.23. The van der Waals surface area contributed by atoms with Gasteiger partial charge in [-0.15, -0.1) is 0 Å². The Balaban J connectivity index is 0.000000769. The normalized spacial score (nSPS) is 20.1. The van der Waals surface area contributed by atoms with E-state index in [9.17, 15) is 14.7 Å². The maximum Gasteiger partial charge on any atom is 0.359 e. The summed E-state index contributed by atoms with van der Waals surface area (Å²) in [4.78, 5) is 25.5. The van der Waals surface area contributed by atoms with Crippen molar-refractivity contribution in [1.82, 2.24) is 0 Å². The summed E-state index contributed by atoms with van der Waals surface area (Å²) in [5, 5.41) is 27.3. The predicted molar refractivity (Wildman–Crippen MR) is 110 cm³/mol. The van der Waals surface area contributed by atoms with Gasteiger partial charge in [-0.2, -0.15) is 0 Å². The molecule has 28 heavy (non-hydrogen) atoms. The molecule has 8 heteroatoms. The van der Waals surface area contributed by atoms with Crippen molar-refractivity contribution in [2.75, 3.05) is 47.3 Å². The molecule has 0 aromatic heterocycles. The number of aliphatic imine (C=N–C) groups is 1. The molecule has 0 radical (unpaired) electrons. The summed E-state index contributed by atoms with van der Waals surface area (Å²) in [6, 6.07) is 0. The molecule has 0 aliphatic carbocycles. The highest BCUT2D eigenvalue weighted by atomic mass is 16.4. The lowest BCUT2D eigenvalue weighted by Crippen LogP contribution is -2.59. The maximum atomic E-state index is 11.1. The van der Waals surface area contributed by atoms with Gasteiger partial charge in [0.25, 0.3) is 0 Å². The third-order valence-corrected chi connectivity index (χ3v) is 4.80. The number of unbranched alkanes of at least 4 members (excludes halogenated alkanes) is 5. The third-order valence-electron chi connectivity index (χ3n) is 4.80. The number of aliphatic hydroxyl groups excluding tert-OH is 1. The number of likely N-dealkylation sites (N-methyl/N-ethyl adjacent to an activating group) is 1. The zero-order valence-corrected chi connectivity index (χ0v) is 18.4. The van der Waals surface area contributed by atoms with E-state index in [0.717, 1.165) is 25.1 Å². The number of quaternary nitrogens is 2. The summed E-state index contributed by atoms with van der Waals surface area (Å²) in [5.41, 5.74) is 0. The minimum Gasteiger partial charge on any atom is -0.477 e. The van der Waals surface area contributed by atoms with Crippen LogP contribution in [0.15, 0.2) is 4.99 Å². The van der Waals surface area contributed by atoms with Gasteiger partial charge >= 0.3 is 11.9 Å². The number of carboxylic acid groups (broad SMARTS) is 2. The summed E-state index contributed by atoms with van der Waals surface area (Å²) < 4.78 is 0.611. The molecular weight excluding hydrogens is 362 g/mol. The lowest BCUT2D eigenvalue weighted by atomic mass is 10.1. The van der Waals surface area contributed by atoms with E-state index >= 15 is 0 Å². The van der Waals surface area contributed by atoms with Crippen molar-refractivity contribution in [3.8, 4) is 0 Å². The Kier molecular flexibility index (Phi) is 12.2. The van der Waals surface area contributed by atoms with E-state index in [1.54, 1.807) is 6.92 Å². The van der Waals surface area contributed by atoms with Gasteiger partial charge in [-0.05, 0) is 6.42 Å². The summed E-state index contributed by atoms with van der Waals surface area (Å²) >= 11 is 0. The van der Waals surface area contributed by atoms with Crippen molar-refractivity contribution in [1.29, 1.82) is 0 Å². The zero-order valence-electron chi connectivity index (χ0n) is 18.4. The first-order chi connectivity index (χ1) is 12.9. The van der Waals surface area contributed by atoms with Crippen LogP contribution in [-0.2, 0) is 9.59 Å². The number of carboxylic acids is 2. The van der Waals surface area contributed by atoms with Crippen molar-refractivity contribution in [2.45, 2.75) is 65.0 Å². The summed E-state index contributed by atoms with van der Waals surface area (Å²) in [6.07, 6.45) is 7.34. The number of amidine groups is 1. The summed E-state index contributed by atoms with van der Waals surface area (Å²) in [5.74, 6) is -0.751. The monoisotopic (exact) mass is 403 g/mol. The van der Waals surface area contributed by atoms with E-state index in [-0.39, 0.29) is 17.6 Å². The molecule has 0 saturated heterocycles. The van der Waals surface area contributed by atoms with Crippen molar-refractivity contribution >= 4 is 17.8 Å². The predicted octanol–water partition coefficient (Wildman–Crippen LogP) is 2.17. The lowest BCUT2D eigenvalue weighted by Gasteiger charge is -2.35. The quantitative estimate of drug-likeness (QED) is 0.342. The topological polar surface area (TPSA) is 107 Å². The fourth-order valence-electron chi connectivity index (χ4n) is 3.34. The van der Waals surface area contributed by atoms with Gasteiger partial charge in [0.1, 0.15) is 6.54 Å². The van der Waals surface area contributed by atoms with Gasteiger partial charge in [0.15, 0.2) is 19.3 Å². The SMILES string of the molecule is CCCCCCCCC1=NCC[N+]1(CC(=O)O)C(C)O.C[N+](C)(C)CC(=O)O. The maximum absolute atomic E-state index is 11.1. The Morgan fingerprint density at radius 1 is 1.07 bits per heavy atom. The van der Waals surface area contributed by atoms with E-state index in [2.05, 4.69) is 11.9 Å². The van der Waals surface area contributed by atoms with Crippen LogP contribution in [0.25, 0.3) is 0 Å². The fraction of sp³-hybridized carbons (Fsp3) is 0.850. The van der Waals surface area contributed by atoms with Crippen LogP contribution < -0.4 is 0 Å². The minimum absolute atomic E-state index is 0.0632. The molecule has 1 rings (SSSR count). The Morgan fingerprint density at radius 2 is 1.64 bits per heavy atom. The Bertz CT molecular complexity index is 514. The fourth-order valence-corrected chi connectivity index (χ4v) is 3.34. The highest BCUT2D eigenvalue weighted by Gasteiger charge is 2.43. The first kappa shape index (κ1) is 26.5. The second kappa shape index (κ2) is 12.9. The van der Waals surface area contributed by atoms with Crippen LogP contribution in [0, 0.1) is 0 Å². The molecule has 2 unspecified atom stereocenters. The Labute approximate surface area is 169 Å². The first-order valence-corrected chi connectivity index (χ1v) is 10.3. The second-order valence-electron chi connectivity index (χ2n) is 8.60. The molecule has 2 atom stereocenters. The van der Waals surface area contributed by atoms with E-state index in [4.69, 9.17) is 10.2 Å². The minimum atomic E-state index is -0.872. The number of carbonyl (C=O) groups is 2.